The van der Waals surface area contributed by atoms with Crippen LogP contribution < -0.4 is 4.74 Å². The molecule has 6 rings (SSSR count). The van der Waals surface area contributed by atoms with Gasteiger partial charge in [-0.25, -0.2) is 0 Å². The van der Waals surface area contributed by atoms with Crippen LogP contribution in [-0.4, -0.2) is 16.8 Å². The quantitative estimate of drug-likeness (QED) is 0.304. The second-order valence-corrected chi connectivity index (χ2v) is 8.46. The van der Waals surface area contributed by atoms with Crippen molar-refractivity contribution in [3.63, 3.8) is 0 Å². The van der Waals surface area contributed by atoms with E-state index in [-0.39, 0.29) is 0 Å². The second-order valence-electron chi connectivity index (χ2n) is 8.02. The molecule has 0 N–H and O–H groups in total. The standard InChI is InChI=1S/C29H21ClNO/c1-2-31-25-11-6-8-20-7-5-10-24(29(20)25)26(31)17-21-18-28(19-13-15-22(30)16-14-19)32-27-12-4-3-9-23(21)27/h3-18H,2H2,1H3/q+1/b21-17+. The van der Waals surface area contributed by atoms with Crippen molar-refractivity contribution in [2.45, 2.75) is 6.92 Å². The molecule has 2 aliphatic rings. The monoisotopic (exact) mass is 434 g/mol. The fraction of sp³-hybridized carbons (Fsp3) is 0.0690. The molecular weight excluding hydrogens is 414 g/mol. The fourth-order valence-electron chi connectivity index (χ4n) is 4.72. The fourth-order valence-corrected chi connectivity index (χ4v) is 4.84. The van der Waals surface area contributed by atoms with E-state index in [2.05, 4.69) is 72.2 Å². The molecule has 0 spiro atoms. The Morgan fingerprint density at radius 1 is 0.844 bits per heavy atom. The summed E-state index contributed by atoms with van der Waals surface area (Å²) in [6.07, 6.45) is 4.44. The Hall–Kier alpha value is -3.62. The van der Waals surface area contributed by atoms with Crippen LogP contribution in [0.15, 0.2) is 97.1 Å². The van der Waals surface area contributed by atoms with E-state index >= 15 is 0 Å². The number of hydrogen-bond acceptors (Lipinski definition) is 1. The van der Waals surface area contributed by atoms with Gasteiger partial charge < -0.3 is 4.74 Å². The third kappa shape index (κ3) is 2.99. The first-order chi connectivity index (χ1) is 15.7. The van der Waals surface area contributed by atoms with Crippen LogP contribution in [0.3, 0.4) is 0 Å². The summed E-state index contributed by atoms with van der Waals surface area (Å²) in [4.78, 5) is 0. The van der Waals surface area contributed by atoms with Gasteiger partial charge in [-0.15, -0.1) is 0 Å². The highest BCUT2D eigenvalue weighted by Crippen LogP contribution is 2.40. The van der Waals surface area contributed by atoms with Crippen LogP contribution in [0, 0.1) is 0 Å². The number of benzene rings is 4. The van der Waals surface area contributed by atoms with Crippen LogP contribution in [0.5, 0.6) is 5.75 Å². The van der Waals surface area contributed by atoms with E-state index < -0.39 is 0 Å². The van der Waals surface area contributed by atoms with Crippen molar-refractivity contribution in [2.75, 3.05) is 6.54 Å². The Balaban J connectivity index is 1.57. The van der Waals surface area contributed by atoms with E-state index in [1.165, 1.54) is 27.7 Å². The molecule has 3 heteroatoms. The lowest BCUT2D eigenvalue weighted by atomic mass is 9.96. The molecule has 0 unspecified atom stereocenters. The van der Waals surface area contributed by atoms with Gasteiger partial charge in [0.05, 0.1) is 10.9 Å². The number of hydrogen-bond donors (Lipinski definition) is 0. The van der Waals surface area contributed by atoms with E-state index in [0.717, 1.165) is 34.8 Å². The third-order valence-electron chi connectivity index (χ3n) is 6.18. The third-order valence-corrected chi connectivity index (χ3v) is 6.43. The molecule has 0 saturated heterocycles. The van der Waals surface area contributed by atoms with Crippen molar-refractivity contribution in [1.29, 1.82) is 0 Å². The summed E-state index contributed by atoms with van der Waals surface area (Å²) in [5.41, 5.74) is 7.00. The molecular formula is C29H21ClNO+. The zero-order valence-corrected chi connectivity index (χ0v) is 18.4. The maximum atomic E-state index is 6.28. The largest absolute Gasteiger partial charge is 0.456 e. The molecule has 0 bridgehead atoms. The van der Waals surface area contributed by atoms with Crippen LogP contribution in [0.1, 0.15) is 23.6 Å². The minimum absolute atomic E-state index is 0.715. The van der Waals surface area contributed by atoms with Gasteiger partial charge in [-0.2, -0.15) is 4.58 Å². The van der Waals surface area contributed by atoms with Crippen LogP contribution in [0.2, 0.25) is 5.02 Å². The summed E-state index contributed by atoms with van der Waals surface area (Å²) in [6.45, 7) is 3.11. The van der Waals surface area contributed by atoms with Crippen molar-refractivity contribution >= 4 is 45.1 Å². The Morgan fingerprint density at radius 2 is 1.59 bits per heavy atom. The summed E-state index contributed by atoms with van der Waals surface area (Å²) >= 11 is 6.11. The van der Waals surface area contributed by atoms with Gasteiger partial charge in [0.15, 0.2) is 0 Å². The molecule has 0 amide bonds. The van der Waals surface area contributed by atoms with Crippen LogP contribution >= 0.6 is 11.6 Å². The Bertz CT molecular complexity index is 1470. The normalized spacial score (nSPS) is 15.7. The smallest absolute Gasteiger partial charge is 0.214 e. The Morgan fingerprint density at radius 3 is 2.41 bits per heavy atom. The molecule has 4 aromatic rings. The average molecular weight is 435 g/mol. The van der Waals surface area contributed by atoms with Gasteiger partial charge in [0, 0.05) is 28.3 Å². The lowest BCUT2D eigenvalue weighted by molar-refractivity contribution is -0.430. The topological polar surface area (TPSA) is 12.2 Å². The van der Waals surface area contributed by atoms with Gasteiger partial charge in [-0.05, 0) is 60.4 Å². The predicted octanol–water partition coefficient (Wildman–Crippen LogP) is 7.48. The number of fused-ring (bicyclic) bond motifs is 1. The van der Waals surface area contributed by atoms with Crippen LogP contribution in [-0.2, 0) is 0 Å². The van der Waals surface area contributed by atoms with Crippen molar-refractivity contribution in [2.24, 2.45) is 0 Å². The number of para-hydroxylation sites is 1. The molecule has 154 valence electrons. The first-order valence-corrected chi connectivity index (χ1v) is 11.2. The van der Waals surface area contributed by atoms with E-state index in [0.29, 0.717) is 5.02 Å². The van der Waals surface area contributed by atoms with Gasteiger partial charge in [0.25, 0.3) is 0 Å². The average Bonchev–Trinajstić information content (AvgIpc) is 3.14. The van der Waals surface area contributed by atoms with Gasteiger partial charge in [0.1, 0.15) is 18.1 Å². The Kier molecular flexibility index (Phi) is 4.48. The number of rotatable bonds is 3. The maximum Gasteiger partial charge on any atom is 0.214 e. The molecule has 4 aromatic carbocycles. The SMILES string of the molecule is CC[N+]1=C(/C=C2\C=C(c3ccc(Cl)cc3)Oc3ccccc32)c2cccc3cccc1c23. The number of ether oxygens (including phenoxy) is 1. The predicted molar refractivity (Wildman–Crippen MR) is 133 cm³/mol. The first-order valence-electron chi connectivity index (χ1n) is 10.9. The van der Waals surface area contributed by atoms with Gasteiger partial charge >= 0.3 is 0 Å². The van der Waals surface area contributed by atoms with E-state index in [1.54, 1.807) is 0 Å². The van der Waals surface area contributed by atoms with Gasteiger partial charge in [-0.3, -0.25) is 0 Å². The second kappa shape index (κ2) is 7.51. The minimum Gasteiger partial charge on any atom is -0.456 e. The highest BCUT2D eigenvalue weighted by Gasteiger charge is 2.30. The van der Waals surface area contributed by atoms with E-state index in [1.807, 2.05) is 36.4 Å². The van der Waals surface area contributed by atoms with Crippen molar-refractivity contribution in [3.05, 3.63) is 119 Å². The lowest BCUT2D eigenvalue weighted by Crippen LogP contribution is -2.12. The molecule has 0 saturated carbocycles. The summed E-state index contributed by atoms with van der Waals surface area (Å²) < 4.78 is 8.68. The van der Waals surface area contributed by atoms with Crippen molar-refractivity contribution in [1.82, 2.24) is 0 Å². The zero-order valence-electron chi connectivity index (χ0n) is 17.7. The summed E-state index contributed by atoms with van der Waals surface area (Å²) in [5, 5.41) is 3.31. The first kappa shape index (κ1) is 19.1. The van der Waals surface area contributed by atoms with Crippen LogP contribution in [0.4, 0.5) is 5.69 Å². The van der Waals surface area contributed by atoms with E-state index in [9.17, 15) is 0 Å². The van der Waals surface area contributed by atoms with Crippen molar-refractivity contribution in [3.8, 4) is 5.75 Å². The van der Waals surface area contributed by atoms with Gasteiger partial charge in [-0.1, -0.05) is 54.1 Å². The van der Waals surface area contributed by atoms with Gasteiger partial charge in [0.2, 0.25) is 11.4 Å². The van der Waals surface area contributed by atoms with Crippen LogP contribution in [0.25, 0.3) is 22.1 Å². The molecule has 2 aliphatic heterocycles. The molecule has 0 aliphatic carbocycles. The summed E-state index contributed by atoms with van der Waals surface area (Å²) in [5.74, 6) is 1.69. The molecule has 2 heterocycles. The Labute approximate surface area is 192 Å². The molecule has 0 fully saturated rings. The summed E-state index contributed by atoms with van der Waals surface area (Å²) in [7, 11) is 0. The molecule has 0 radical (unpaired) electrons. The molecule has 2 nitrogen and oxygen atoms in total. The zero-order chi connectivity index (χ0) is 21.7. The highest BCUT2D eigenvalue weighted by atomic mass is 35.5. The number of allylic oxidation sites excluding steroid dienone is 3. The van der Waals surface area contributed by atoms with E-state index in [4.69, 9.17) is 16.3 Å². The molecule has 0 atom stereocenters. The molecule has 32 heavy (non-hydrogen) atoms. The maximum absolute atomic E-state index is 6.28. The van der Waals surface area contributed by atoms with Crippen molar-refractivity contribution < 1.29 is 9.31 Å². The highest BCUT2D eigenvalue weighted by molar-refractivity contribution is 6.30. The molecule has 0 aromatic heterocycles. The minimum atomic E-state index is 0.715. The summed E-state index contributed by atoms with van der Waals surface area (Å²) in [6, 6.07) is 29.1. The number of halogens is 1. The lowest BCUT2D eigenvalue weighted by Gasteiger charge is -2.20. The number of nitrogens with zero attached hydrogens (tertiary/aromatic N) is 1.